The minimum absolute atomic E-state index is 0.408. The van der Waals surface area contributed by atoms with E-state index in [1.165, 1.54) is 16.7 Å². The molecule has 92 valence electrons. The monoisotopic (exact) mass is 241 g/mol. The Bertz CT molecular complexity index is 581. The first kappa shape index (κ1) is 12.3. The summed E-state index contributed by atoms with van der Waals surface area (Å²) in [7, 11) is 0. The van der Waals surface area contributed by atoms with Gasteiger partial charge in [0.05, 0.1) is 6.07 Å². The molecule has 0 saturated heterocycles. The zero-order valence-electron chi connectivity index (χ0n) is 10.6. The fourth-order valence-electron chi connectivity index (χ4n) is 1.72. The van der Waals surface area contributed by atoms with E-state index in [1.54, 1.807) is 0 Å². The largest absolute Gasteiger partial charge is 0.339 e. The van der Waals surface area contributed by atoms with Crippen LogP contribution in [-0.2, 0) is 12.8 Å². The highest BCUT2D eigenvalue weighted by Gasteiger charge is 2.07. The van der Waals surface area contributed by atoms with Crippen molar-refractivity contribution in [1.82, 2.24) is 10.1 Å². The van der Waals surface area contributed by atoms with Crippen molar-refractivity contribution >= 4 is 0 Å². The molecular weight excluding hydrogens is 226 g/mol. The van der Waals surface area contributed by atoms with Crippen molar-refractivity contribution in [2.45, 2.75) is 33.1 Å². The number of hydrogen-bond acceptors (Lipinski definition) is 4. The normalized spacial score (nSPS) is 10.3. The lowest BCUT2D eigenvalue weighted by Crippen LogP contribution is -1.93. The van der Waals surface area contributed by atoms with E-state index in [1.807, 2.05) is 0 Å². The second-order valence-corrected chi connectivity index (χ2v) is 4.36. The maximum atomic E-state index is 8.49. The molecule has 0 aliphatic carbocycles. The second-order valence-electron chi connectivity index (χ2n) is 4.36. The number of aromatic nitrogens is 2. The highest BCUT2D eigenvalue weighted by Crippen LogP contribution is 2.13. The Morgan fingerprint density at radius 3 is 2.83 bits per heavy atom. The van der Waals surface area contributed by atoms with E-state index >= 15 is 0 Å². The number of nitrogens with zero attached hydrogens (tertiary/aromatic N) is 3. The zero-order valence-corrected chi connectivity index (χ0v) is 10.6. The fourth-order valence-corrected chi connectivity index (χ4v) is 1.72. The van der Waals surface area contributed by atoms with Crippen molar-refractivity contribution in [3.8, 4) is 6.07 Å². The number of nitriles is 1. The number of rotatable bonds is 4. The van der Waals surface area contributed by atoms with Crippen molar-refractivity contribution < 1.29 is 4.52 Å². The molecule has 1 aromatic heterocycles. The second kappa shape index (κ2) is 5.46. The Morgan fingerprint density at radius 2 is 2.11 bits per heavy atom. The van der Waals surface area contributed by atoms with Gasteiger partial charge in [0.15, 0.2) is 5.82 Å². The van der Waals surface area contributed by atoms with E-state index in [-0.39, 0.29) is 0 Å². The van der Waals surface area contributed by atoms with Gasteiger partial charge in [-0.25, -0.2) is 0 Å². The molecule has 0 unspecified atom stereocenters. The summed E-state index contributed by atoms with van der Waals surface area (Å²) in [6.45, 7) is 4.18. The van der Waals surface area contributed by atoms with Gasteiger partial charge < -0.3 is 4.52 Å². The van der Waals surface area contributed by atoms with Gasteiger partial charge in [0.25, 0.3) is 0 Å². The molecule has 1 heterocycles. The molecule has 4 heteroatoms. The predicted octanol–water partition coefficient (Wildman–Crippen LogP) is 2.73. The average Bonchev–Trinajstić information content (AvgIpc) is 2.79. The van der Waals surface area contributed by atoms with E-state index in [4.69, 9.17) is 9.78 Å². The molecule has 0 fully saturated rings. The predicted molar refractivity (Wildman–Crippen MR) is 67.0 cm³/mol. The number of benzene rings is 1. The van der Waals surface area contributed by atoms with Crippen LogP contribution in [0, 0.1) is 25.2 Å². The van der Waals surface area contributed by atoms with Crippen LogP contribution in [-0.4, -0.2) is 10.1 Å². The third kappa shape index (κ3) is 2.95. The van der Waals surface area contributed by atoms with E-state index in [2.05, 4.69) is 48.3 Å². The highest BCUT2D eigenvalue weighted by atomic mass is 16.5. The molecule has 18 heavy (non-hydrogen) atoms. The maximum Gasteiger partial charge on any atom is 0.227 e. The standard InChI is InChI=1S/C14H15N3O/c1-10-5-6-12(8-11(10)2)9-13-16-14(18-17-13)4-3-7-15/h5-6,8H,3-4,9H2,1-2H3. The average molecular weight is 241 g/mol. The van der Waals surface area contributed by atoms with Crippen LogP contribution >= 0.6 is 0 Å². The Morgan fingerprint density at radius 1 is 1.28 bits per heavy atom. The van der Waals surface area contributed by atoms with Gasteiger partial charge in [0.2, 0.25) is 5.89 Å². The first-order chi connectivity index (χ1) is 8.69. The third-order valence-electron chi connectivity index (χ3n) is 2.89. The maximum absolute atomic E-state index is 8.49. The Kier molecular flexibility index (Phi) is 3.73. The van der Waals surface area contributed by atoms with Crippen molar-refractivity contribution in [3.05, 3.63) is 46.6 Å². The molecule has 4 nitrogen and oxygen atoms in total. The van der Waals surface area contributed by atoms with Crippen LogP contribution < -0.4 is 0 Å². The summed E-state index contributed by atoms with van der Waals surface area (Å²) in [5, 5.41) is 12.4. The molecule has 0 spiro atoms. The quantitative estimate of drug-likeness (QED) is 0.825. The molecule has 0 N–H and O–H groups in total. The first-order valence-electron chi connectivity index (χ1n) is 5.93. The molecule has 1 aromatic carbocycles. The minimum Gasteiger partial charge on any atom is -0.339 e. The van der Waals surface area contributed by atoms with Crippen molar-refractivity contribution in [3.63, 3.8) is 0 Å². The van der Waals surface area contributed by atoms with Crippen LogP contribution in [0.15, 0.2) is 22.7 Å². The van der Waals surface area contributed by atoms with Crippen molar-refractivity contribution in [2.24, 2.45) is 0 Å². The van der Waals surface area contributed by atoms with Gasteiger partial charge in [-0.05, 0) is 30.5 Å². The van der Waals surface area contributed by atoms with Crippen LogP contribution in [0.1, 0.15) is 34.8 Å². The van der Waals surface area contributed by atoms with Gasteiger partial charge in [-0.1, -0.05) is 23.4 Å². The van der Waals surface area contributed by atoms with Crippen molar-refractivity contribution in [2.75, 3.05) is 0 Å². The van der Waals surface area contributed by atoms with Crippen molar-refractivity contribution in [1.29, 1.82) is 5.26 Å². The Labute approximate surface area is 106 Å². The van der Waals surface area contributed by atoms with E-state index in [0.29, 0.717) is 31.0 Å². The molecule has 2 aromatic rings. The molecule has 0 radical (unpaired) electrons. The van der Waals surface area contributed by atoms with E-state index in [0.717, 1.165) is 0 Å². The summed E-state index contributed by atoms with van der Waals surface area (Å²) in [5.41, 5.74) is 3.72. The molecule has 0 aliphatic rings. The van der Waals surface area contributed by atoms with Gasteiger partial charge in [-0.2, -0.15) is 10.2 Å². The Hall–Kier alpha value is -2.15. The molecule has 0 saturated carbocycles. The smallest absolute Gasteiger partial charge is 0.227 e. The van der Waals surface area contributed by atoms with Crippen LogP contribution in [0.2, 0.25) is 0 Å². The van der Waals surface area contributed by atoms with Gasteiger partial charge in [0, 0.05) is 19.3 Å². The SMILES string of the molecule is Cc1ccc(Cc2noc(CCC#N)n2)cc1C. The lowest BCUT2D eigenvalue weighted by atomic mass is 10.0. The molecule has 2 rings (SSSR count). The van der Waals surface area contributed by atoms with Crippen LogP contribution in [0.5, 0.6) is 0 Å². The van der Waals surface area contributed by atoms with E-state index in [9.17, 15) is 0 Å². The van der Waals surface area contributed by atoms with Gasteiger partial charge >= 0.3 is 0 Å². The summed E-state index contributed by atoms with van der Waals surface area (Å²) in [5.74, 6) is 1.21. The first-order valence-corrected chi connectivity index (χ1v) is 5.93. The molecule has 0 atom stereocenters. The zero-order chi connectivity index (χ0) is 13.0. The topological polar surface area (TPSA) is 62.7 Å². The number of hydrogen-bond donors (Lipinski definition) is 0. The molecular formula is C14H15N3O. The van der Waals surface area contributed by atoms with E-state index < -0.39 is 0 Å². The third-order valence-corrected chi connectivity index (χ3v) is 2.89. The van der Waals surface area contributed by atoms with Crippen LogP contribution in [0.3, 0.4) is 0 Å². The molecule has 0 aliphatic heterocycles. The summed E-state index contributed by atoms with van der Waals surface area (Å²) in [6, 6.07) is 8.38. The summed E-state index contributed by atoms with van der Waals surface area (Å²) in [4.78, 5) is 4.27. The lowest BCUT2D eigenvalue weighted by Gasteiger charge is -2.02. The minimum atomic E-state index is 0.408. The van der Waals surface area contributed by atoms with Gasteiger partial charge in [-0.3, -0.25) is 0 Å². The molecule has 0 bridgehead atoms. The fraction of sp³-hybridized carbons (Fsp3) is 0.357. The Balaban J connectivity index is 2.07. The van der Waals surface area contributed by atoms with Crippen LogP contribution in [0.4, 0.5) is 0 Å². The lowest BCUT2D eigenvalue weighted by molar-refractivity contribution is 0.375. The summed E-state index contributed by atoms with van der Waals surface area (Å²) in [6.07, 6.45) is 1.60. The highest BCUT2D eigenvalue weighted by molar-refractivity contribution is 5.31. The van der Waals surface area contributed by atoms with Gasteiger partial charge in [0.1, 0.15) is 0 Å². The van der Waals surface area contributed by atoms with Gasteiger partial charge in [-0.15, -0.1) is 0 Å². The van der Waals surface area contributed by atoms with Crippen LogP contribution in [0.25, 0.3) is 0 Å². The molecule has 0 amide bonds. The summed E-state index contributed by atoms with van der Waals surface area (Å²) < 4.78 is 5.08. The summed E-state index contributed by atoms with van der Waals surface area (Å²) >= 11 is 0. The number of aryl methyl sites for hydroxylation is 3.